The van der Waals surface area contributed by atoms with Gasteiger partial charge in [0.15, 0.2) is 11.6 Å². The molecule has 0 aliphatic rings. The summed E-state index contributed by atoms with van der Waals surface area (Å²) in [5.41, 5.74) is 6.23. The predicted molar refractivity (Wildman–Crippen MR) is 55.8 cm³/mol. The van der Waals surface area contributed by atoms with E-state index in [2.05, 4.69) is 15.0 Å². The van der Waals surface area contributed by atoms with Gasteiger partial charge in [0.05, 0.1) is 17.6 Å². The fourth-order valence-corrected chi connectivity index (χ4v) is 1.34. The third-order valence-electron chi connectivity index (χ3n) is 2.15. The number of hydrogen-bond donors (Lipinski definition) is 1. The lowest BCUT2D eigenvalue weighted by molar-refractivity contribution is -0.0521. The average Bonchev–Trinajstić information content (AvgIpc) is 2.80. The van der Waals surface area contributed by atoms with Crippen molar-refractivity contribution in [2.24, 2.45) is 5.73 Å². The van der Waals surface area contributed by atoms with E-state index < -0.39 is 18.2 Å². The van der Waals surface area contributed by atoms with Gasteiger partial charge in [-0.15, -0.1) is 5.10 Å². The predicted octanol–water partition coefficient (Wildman–Crippen LogP) is 1.47. The molecule has 5 nitrogen and oxygen atoms in total. The third-order valence-corrected chi connectivity index (χ3v) is 2.15. The number of rotatable bonds is 4. The number of aromatic nitrogens is 3. The van der Waals surface area contributed by atoms with Crippen LogP contribution < -0.4 is 10.5 Å². The first kappa shape index (κ1) is 12.4. The van der Waals surface area contributed by atoms with Gasteiger partial charge in [-0.05, 0) is 12.1 Å². The van der Waals surface area contributed by atoms with E-state index in [-0.39, 0.29) is 6.54 Å². The van der Waals surface area contributed by atoms with E-state index in [1.807, 2.05) is 0 Å². The van der Waals surface area contributed by atoms with Gasteiger partial charge in [-0.2, -0.15) is 8.78 Å². The van der Waals surface area contributed by atoms with Gasteiger partial charge in [-0.1, -0.05) is 5.21 Å². The van der Waals surface area contributed by atoms with Gasteiger partial charge < -0.3 is 10.5 Å². The molecule has 0 atom stereocenters. The standard InChI is InChI=1S/C10H9F3N4O/c11-8-2-1-7(3-9(8)18-10(12)13)17-5-6(4-14)15-16-17/h1-3,5,10H,4,14H2. The van der Waals surface area contributed by atoms with Gasteiger partial charge in [0, 0.05) is 12.6 Å². The van der Waals surface area contributed by atoms with Crippen molar-refractivity contribution in [3.63, 3.8) is 0 Å². The van der Waals surface area contributed by atoms with Crippen molar-refractivity contribution in [1.82, 2.24) is 15.0 Å². The Morgan fingerprint density at radius 1 is 1.39 bits per heavy atom. The van der Waals surface area contributed by atoms with Crippen LogP contribution in [-0.4, -0.2) is 21.6 Å². The smallest absolute Gasteiger partial charge is 0.387 e. The van der Waals surface area contributed by atoms with Crippen LogP contribution >= 0.6 is 0 Å². The summed E-state index contributed by atoms with van der Waals surface area (Å²) in [7, 11) is 0. The molecule has 0 aliphatic carbocycles. The van der Waals surface area contributed by atoms with E-state index in [0.717, 1.165) is 12.1 Å². The summed E-state index contributed by atoms with van der Waals surface area (Å²) in [4.78, 5) is 0. The molecule has 0 fully saturated rings. The Bertz CT molecular complexity index is 544. The maximum Gasteiger partial charge on any atom is 0.387 e. The fourth-order valence-electron chi connectivity index (χ4n) is 1.34. The monoisotopic (exact) mass is 258 g/mol. The second-order valence-electron chi connectivity index (χ2n) is 3.35. The Kier molecular flexibility index (Phi) is 3.47. The Balaban J connectivity index is 2.33. The summed E-state index contributed by atoms with van der Waals surface area (Å²) in [6.07, 6.45) is 1.51. The minimum Gasteiger partial charge on any atom is -0.432 e. The Labute approximate surface area is 100.0 Å². The molecule has 0 bridgehead atoms. The number of alkyl halides is 2. The summed E-state index contributed by atoms with van der Waals surface area (Å²) in [6.45, 7) is -2.90. The molecule has 2 N–H and O–H groups in total. The normalized spacial score (nSPS) is 10.9. The van der Waals surface area contributed by atoms with Crippen LogP contribution in [0.25, 0.3) is 5.69 Å². The van der Waals surface area contributed by atoms with Crippen molar-refractivity contribution < 1.29 is 17.9 Å². The minimum atomic E-state index is -3.09. The van der Waals surface area contributed by atoms with Gasteiger partial charge in [0.1, 0.15) is 0 Å². The van der Waals surface area contributed by atoms with Crippen LogP contribution in [0.4, 0.5) is 13.2 Å². The van der Waals surface area contributed by atoms with Crippen LogP contribution in [-0.2, 0) is 6.54 Å². The number of benzene rings is 1. The zero-order valence-corrected chi connectivity index (χ0v) is 9.05. The van der Waals surface area contributed by atoms with E-state index in [9.17, 15) is 13.2 Å². The molecule has 2 rings (SSSR count). The SMILES string of the molecule is NCc1cn(-c2ccc(F)c(OC(F)F)c2)nn1. The zero-order valence-electron chi connectivity index (χ0n) is 9.05. The highest BCUT2D eigenvalue weighted by atomic mass is 19.3. The topological polar surface area (TPSA) is 66.0 Å². The minimum absolute atomic E-state index is 0.196. The second kappa shape index (κ2) is 5.05. The summed E-state index contributed by atoms with van der Waals surface area (Å²) in [5, 5.41) is 7.46. The molecule has 0 spiro atoms. The first-order valence-corrected chi connectivity index (χ1v) is 4.96. The summed E-state index contributed by atoms with van der Waals surface area (Å²) < 4.78 is 42.6. The molecular formula is C10H9F3N4O. The van der Waals surface area contributed by atoms with E-state index in [0.29, 0.717) is 11.4 Å². The Hall–Kier alpha value is -2.09. The molecule has 8 heteroatoms. The maximum atomic E-state index is 13.2. The van der Waals surface area contributed by atoms with E-state index >= 15 is 0 Å². The van der Waals surface area contributed by atoms with Gasteiger partial charge in [-0.25, -0.2) is 9.07 Å². The largest absolute Gasteiger partial charge is 0.432 e. The molecule has 0 aliphatic heterocycles. The third kappa shape index (κ3) is 2.59. The Morgan fingerprint density at radius 2 is 2.17 bits per heavy atom. The molecule has 0 saturated carbocycles. The first-order chi connectivity index (χ1) is 8.60. The van der Waals surface area contributed by atoms with Crippen LogP contribution in [0.15, 0.2) is 24.4 Å². The molecule has 0 unspecified atom stereocenters. The lowest BCUT2D eigenvalue weighted by atomic mass is 10.3. The number of hydrogen-bond acceptors (Lipinski definition) is 4. The summed E-state index contributed by atoms with van der Waals surface area (Å²) in [5.74, 6) is -1.43. The van der Waals surface area contributed by atoms with E-state index in [4.69, 9.17) is 5.73 Å². The molecule has 2 aromatic rings. The lowest BCUT2D eigenvalue weighted by Crippen LogP contribution is -2.05. The zero-order chi connectivity index (χ0) is 13.1. The lowest BCUT2D eigenvalue weighted by Gasteiger charge is -2.07. The fraction of sp³-hybridized carbons (Fsp3) is 0.200. The van der Waals surface area contributed by atoms with Crippen molar-refractivity contribution >= 4 is 0 Å². The average molecular weight is 258 g/mol. The number of nitrogens with zero attached hydrogens (tertiary/aromatic N) is 3. The van der Waals surface area contributed by atoms with E-state index in [1.165, 1.54) is 16.9 Å². The van der Waals surface area contributed by atoms with Crippen LogP contribution in [0.3, 0.4) is 0 Å². The van der Waals surface area contributed by atoms with Crippen molar-refractivity contribution in [3.8, 4) is 11.4 Å². The van der Waals surface area contributed by atoms with Crippen molar-refractivity contribution in [3.05, 3.63) is 35.9 Å². The molecule has 96 valence electrons. The van der Waals surface area contributed by atoms with Gasteiger partial charge in [-0.3, -0.25) is 0 Å². The number of ether oxygens (including phenoxy) is 1. The highest BCUT2D eigenvalue weighted by molar-refractivity contribution is 5.39. The molecule has 0 amide bonds. The van der Waals surface area contributed by atoms with Crippen LogP contribution in [0.1, 0.15) is 5.69 Å². The maximum absolute atomic E-state index is 13.2. The molecule has 18 heavy (non-hydrogen) atoms. The van der Waals surface area contributed by atoms with Crippen LogP contribution in [0.5, 0.6) is 5.75 Å². The van der Waals surface area contributed by atoms with Gasteiger partial charge in [0.2, 0.25) is 0 Å². The first-order valence-electron chi connectivity index (χ1n) is 4.96. The number of nitrogens with two attached hydrogens (primary N) is 1. The van der Waals surface area contributed by atoms with Gasteiger partial charge >= 0.3 is 6.61 Å². The van der Waals surface area contributed by atoms with Crippen molar-refractivity contribution in [2.75, 3.05) is 0 Å². The van der Waals surface area contributed by atoms with Crippen molar-refractivity contribution in [2.45, 2.75) is 13.2 Å². The van der Waals surface area contributed by atoms with Gasteiger partial charge in [0.25, 0.3) is 0 Å². The number of halogens is 3. The summed E-state index contributed by atoms with van der Waals surface area (Å²) >= 11 is 0. The molecule has 1 heterocycles. The quantitative estimate of drug-likeness (QED) is 0.901. The molecular weight excluding hydrogens is 249 g/mol. The van der Waals surface area contributed by atoms with Crippen LogP contribution in [0, 0.1) is 5.82 Å². The molecule has 0 radical (unpaired) electrons. The second-order valence-corrected chi connectivity index (χ2v) is 3.35. The Morgan fingerprint density at radius 3 is 2.78 bits per heavy atom. The van der Waals surface area contributed by atoms with Crippen LogP contribution in [0.2, 0.25) is 0 Å². The summed E-state index contributed by atoms with van der Waals surface area (Å²) in [6, 6.07) is 3.48. The van der Waals surface area contributed by atoms with E-state index in [1.54, 1.807) is 0 Å². The molecule has 1 aromatic heterocycles. The molecule has 1 aromatic carbocycles. The van der Waals surface area contributed by atoms with Crippen molar-refractivity contribution in [1.29, 1.82) is 0 Å². The highest BCUT2D eigenvalue weighted by Crippen LogP contribution is 2.22. The highest BCUT2D eigenvalue weighted by Gasteiger charge is 2.12. The molecule has 0 saturated heterocycles.